The van der Waals surface area contributed by atoms with Gasteiger partial charge in [0.1, 0.15) is 11.2 Å². The van der Waals surface area contributed by atoms with E-state index in [2.05, 4.69) is 0 Å². The summed E-state index contributed by atoms with van der Waals surface area (Å²) in [6.45, 7) is 2.22. The van der Waals surface area contributed by atoms with Crippen LogP contribution in [0.1, 0.15) is 11.1 Å². The molecule has 0 radical (unpaired) electrons. The van der Waals surface area contributed by atoms with Gasteiger partial charge in [0.05, 0.1) is 0 Å². The summed E-state index contributed by atoms with van der Waals surface area (Å²) in [7, 11) is 0. The van der Waals surface area contributed by atoms with E-state index in [9.17, 15) is 0 Å². The highest BCUT2D eigenvalue weighted by molar-refractivity contribution is 5.71. The van der Waals surface area contributed by atoms with E-state index in [1.165, 1.54) is 5.56 Å². The summed E-state index contributed by atoms with van der Waals surface area (Å²) in [5, 5.41) is 8.74. The number of aliphatic hydroxyl groups is 1. The summed E-state index contributed by atoms with van der Waals surface area (Å²) in [4.78, 5) is 0. The molecular weight excluding hydrogens is 140 g/mol. The first-order chi connectivity index (χ1) is 5.33. The van der Waals surface area contributed by atoms with Crippen molar-refractivity contribution in [2.75, 3.05) is 6.61 Å². The molecule has 0 atom stereocenters. The van der Waals surface area contributed by atoms with E-state index in [1.807, 2.05) is 19.1 Å². The van der Waals surface area contributed by atoms with Crippen LogP contribution >= 0.6 is 0 Å². The van der Waals surface area contributed by atoms with Crippen molar-refractivity contribution in [2.45, 2.75) is 13.3 Å². The molecule has 0 unspecified atom stereocenters. The minimum Gasteiger partial charge on any atom is -0.457 e. The van der Waals surface area contributed by atoms with Crippen LogP contribution in [-0.4, -0.2) is 11.7 Å². The highest BCUT2D eigenvalue weighted by Gasteiger charge is 2.11. The second-order valence-electron chi connectivity index (χ2n) is 2.74. The zero-order valence-electron chi connectivity index (χ0n) is 6.42. The highest BCUT2D eigenvalue weighted by atomic mass is 16.3. The summed E-state index contributed by atoms with van der Waals surface area (Å²) >= 11 is 0. The summed E-state index contributed by atoms with van der Waals surface area (Å²) in [6, 6.07) is 3.92. The monoisotopic (exact) mass is 150 g/mol. The largest absolute Gasteiger partial charge is 0.457 e. The summed E-state index contributed by atoms with van der Waals surface area (Å²) in [5.74, 6) is 0. The van der Waals surface area contributed by atoms with E-state index in [-0.39, 0.29) is 6.61 Å². The van der Waals surface area contributed by atoms with Gasteiger partial charge in [0.15, 0.2) is 0 Å². The van der Waals surface area contributed by atoms with Gasteiger partial charge in [0, 0.05) is 12.2 Å². The average Bonchev–Trinajstić information content (AvgIpc) is 2.54. The van der Waals surface area contributed by atoms with Gasteiger partial charge in [0.2, 0.25) is 0 Å². The Balaban J connectivity index is 2.53. The number of furan rings is 2. The van der Waals surface area contributed by atoms with Crippen molar-refractivity contribution in [1.29, 1.82) is 0 Å². The molecule has 2 heteroatoms. The summed E-state index contributed by atoms with van der Waals surface area (Å²) in [6.07, 6.45) is 0.703. The molecule has 2 nitrogen and oxygen atoms in total. The van der Waals surface area contributed by atoms with E-state index in [1.54, 1.807) is 0 Å². The molecule has 2 aromatic heterocycles. The smallest absolute Gasteiger partial charge is 0.131 e. The van der Waals surface area contributed by atoms with E-state index < -0.39 is 0 Å². The molecule has 1 N–H and O–H groups in total. The van der Waals surface area contributed by atoms with Crippen LogP contribution in [0.15, 0.2) is 16.5 Å². The minimum absolute atomic E-state index is 0.195. The molecule has 0 fully saturated rings. The second kappa shape index (κ2) is 2.24. The average molecular weight is 150 g/mol. The normalized spacial score (nSPS) is 11.5. The molecule has 0 aliphatic rings. The van der Waals surface area contributed by atoms with E-state index in [0.29, 0.717) is 6.42 Å². The van der Waals surface area contributed by atoms with Crippen molar-refractivity contribution >= 4 is 11.2 Å². The van der Waals surface area contributed by atoms with Crippen LogP contribution in [-0.2, 0) is 6.42 Å². The van der Waals surface area contributed by atoms with Crippen LogP contribution in [0.3, 0.4) is 0 Å². The Hall–Kier alpha value is -1.02. The van der Waals surface area contributed by atoms with Gasteiger partial charge in [-0.05, 0) is 31.0 Å². The van der Waals surface area contributed by atoms with Gasteiger partial charge in [0.25, 0.3) is 0 Å². The topological polar surface area (TPSA) is 33.4 Å². The second-order valence-corrected chi connectivity index (χ2v) is 2.74. The van der Waals surface area contributed by atoms with Crippen molar-refractivity contribution in [3.63, 3.8) is 0 Å². The lowest BCUT2D eigenvalue weighted by atomic mass is 10.1. The molecule has 2 bridgehead atoms. The zero-order valence-corrected chi connectivity index (χ0v) is 6.42. The summed E-state index contributed by atoms with van der Waals surface area (Å²) < 4.78 is 5.39. The maximum Gasteiger partial charge on any atom is 0.131 e. The predicted molar refractivity (Wildman–Crippen MR) is 42.9 cm³/mol. The highest BCUT2D eigenvalue weighted by Crippen LogP contribution is 2.27. The number of fused-ring (bicyclic) bond motifs is 2. The number of benzene rings is 1. The van der Waals surface area contributed by atoms with E-state index in [0.717, 1.165) is 16.7 Å². The van der Waals surface area contributed by atoms with Gasteiger partial charge in [-0.2, -0.15) is 0 Å². The van der Waals surface area contributed by atoms with Crippen molar-refractivity contribution < 1.29 is 9.52 Å². The van der Waals surface area contributed by atoms with Crippen LogP contribution < -0.4 is 0 Å². The number of rotatable bonds is 2. The molecular formula is C9H10O2. The molecule has 0 saturated carbocycles. The molecule has 11 heavy (non-hydrogen) atoms. The third-order valence-corrected chi connectivity index (χ3v) is 2.09. The lowest BCUT2D eigenvalue weighted by Crippen LogP contribution is -1.91. The first kappa shape index (κ1) is 6.68. The fraction of sp³-hybridized carbons (Fsp3) is 0.333. The Labute approximate surface area is 64.8 Å². The van der Waals surface area contributed by atoms with Crippen molar-refractivity contribution in [3.8, 4) is 0 Å². The van der Waals surface area contributed by atoms with Gasteiger partial charge < -0.3 is 9.52 Å². The van der Waals surface area contributed by atoms with Gasteiger partial charge in [-0.25, -0.2) is 0 Å². The lowest BCUT2D eigenvalue weighted by Gasteiger charge is -1.95. The number of hydrogen-bond donors (Lipinski definition) is 1. The minimum atomic E-state index is 0.195. The number of aliphatic hydroxyl groups excluding tert-OH is 1. The van der Waals surface area contributed by atoms with Crippen LogP contribution in [0.5, 0.6) is 0 Å². The third kappa shape index (κ3) is 0.828. The van der Waals surface area contributed by atoms with E-state index >= 15 is 0 Å². The molecule has 0 aromatic carbocycles. The third-order valence-electron chi connectivity index (χ3n) is 2.09. The Morgan fingerprint density at radius 1 is 1.36 bits per heavy atom. The van der Waals surface area contributed by atoms with Gasteiger partial charge in [-0.15, -0.1) is 0 Å². The molecule has 0 aliphatic carbocycles. The van der Waals surface area contributed by atoms with E-state index in [4.69, 9.17) is 9.52 Å². The SMILES string of the molecule is Cc1c(CCO)c2ccc1o2. The lowest BCUT2D eigenvalue weighted by molar-refractivity contribution is 0.299. The fourth-order valence-electron chi connectivity index (χ4n) is 1.46. The molecule has 0 spiro atoms. The number of aryl methyl sites for hydroxylation is 1. The molecule has 2 aromatic rings. The van der Waals surface area contributed by atoms with Crippen LogP contribution in [0.4, 0.5) is 0 Å². The van der Waals surface area contributed by atoms with Crippen LogP contribution in [0, 0.1) is 6.92 Å². The van der Waals surface area contributed by atoms with Crippen LogP contribution in [0.25, 0.3) is 11.2 Å². The maximum absolute atomic E-state index is 8.74. The first-order valence-electron chi connectivity index (χ1n) is 3.74. The Morgan fingerprint density at radius 3 is 2.64 bits per heavy atom. The quantitative estimate of drug-likeness (QED) is 0.707. The Bertz CT molecular complexity index is 348. The number of hydrogen-bond acceptors (Lipinski definition) is 2. The van der Waals surface area contributed by atoms with Crippen LogP contribution in [0.2, 0.25) is 0 Å². The predicted octanol–water partition coefficient (Wildman–Crippen LogP) is 1.71. The Morgan fingerprint density at radius 2 is 2.09 bits per heavy atom. The van der Waals surface area contributed by atoms with Gasteiger partial charge >= 0.3 is 0 Å². The van der Waals surface area contributed by atoms with Crippen molar-refractivity contribution in [3.05, 3.63) is 23.3 Å². The molecule has 0 aliphatic heterocycles. The molecule has 0 saturated heterocycles. The molecule has 0 amide bonds. The van der Waals surface area contributed by atoms with Gasteiger partial charge in [-0.3, -0.25) is 0 Å². The van der Waals surface area contributed by atoms with Crippen molar-refractivity contribution in [2.24, 2.45) is 0 Å². The standard InChI is InChI=1S/C9H10O2/c1-6-7(4-5-10)9-3-2-8(6)11-9/h2-3,10H,4-5H2,1H3. The van der Waals surface area contributed by atoms with Gasteiger partial charge in [-0.1, -0.05) is 0 Å². The maximum atomic E-state index is 8.74. The first-order valence-corrected chi connectivity index (χ1v) is 3.74. The van der Waals surface area contributed by atoms with Crippen molar-refractivity contribution in [1.82, 2.24) is 0 Å². The molecule has 58 valence electrons. The molecule has 2 rings (SSSR count). The zero-order chi connectivity index (χ0) is 7.84. The fourth-order valence-corrected chi connectivity index (χ4v) is 1.46. The summed E-state index contributed by atoms with van der Waals surface area (Å²) in [5.41, 5.74) is 4.21. The Kier molecular flexibility index (Phi) is 1.36. The molecule has 2 heterocycles.